The van der Waals surface area contributed by atoms with E-state index in [1.807, 2.05) is 18.2 Å². The summed E-state index contributed by atoms with van der Waals surface area (Å²) >= 11 is 5.87. The second-order valence-electron chi connectivity index (χ2n) is 4.58. The third kappa shape index (κ3) is 5.08. The number of carbonyl (C=O) groups excluding carboxylic acids is 1. The molecule has 21 heavy (non-hydrogen) atoms. The number of nitrogens with one attached hydrogen (secondary N) is 1. The Kier molecular flexibility index (Phi) is 5.58. The molecule has 110 valence electrons. The first-order chi connectivity index (χ1) is 10.1. The van der Waals surface area contributed by atoms with Crippen molar-refractivity contribution >= 4 is 17.5 Å². The Morgan fingerprint density at radius 1 is 1.33 bits per heavy atom. The molecule has 2 rings (SSSR count). The summed E-state index contributed by atoms with van der Waals surface area (Å²) < 4.78 is 5.55. The molecule has 0 aliphatic rings. The fourth-order valence-corrected chi connectivity index (χ4v) is 1.98. The maximum Gasteiger partial charge on any atom is 0.260 e. The number of halogens is 1. The van der Waals surface area contributed by atoms with Crippen molar-refractivity contribution in [2.24, 2.45) is 0 Å². The lowest BCUT2D eigenvalue weighted by Gasteiger charge is -2.14. The molecule has 1 N–H and O–H groups in total. The van der Waals surface area contributed by atoms with E-state index >= 15 is 0 Å². The molecule has 0 fully saturated rings. The lowest BCUT2D eigenvalue weighted by Crippen LogP contribution is -2.37. The molecule has 1 atom stereocenters. The summed E-state index contributed by atoms with van der Waals surface area (Å²) in [6.45, 7) is 2.23. The van der Waals surface area contributed by atoms with E-state index in [0.717, 1.165) is 5.69 Å². The minimum Gasteiger partial charge on any atom is -0.481 e. The van der Waals surface area contributed by atoms with Crippen molar-refractivity contribution in [2.75, 3.05) is 6.54 Å². The van der Waals surface area contributed by atoms with Gasteiger partial charge in [0.25, 0.3) is 5.91 Å². The molecule has 0 saturated carbocycles. The zero-order valence-electron chi connectivity index (χ0n) is 11.8. The number of hydrogen-bond acceptors (Lipinski definition) is 3. The Bertz CT molecular complexity index is 590. The zero-order chi connectivity index (χ0) is 15.1. The molecule has 2 aromatic rings. The van der Waals surface area contributed by atoms with Crippen LogP contribution in [0.15, 0.2) is 48.7 Å². The molecule has 1 heterocycles. The molecule has 0 aliphatic carbocycles. The number of amides is 1. The normalized spacial score (nSPS) is 11.7. The molecular formula is C16H17ClN2O2. The molecule has 1 aromatic heterocycles. The van der Waals surface area contributed by atoms with Gasteiger partial charge in [-0.25, -0.2) is 0 Å². The van der Waals surface area contributed by atoms with Crippen LogP contribution < -0.4 is 10.1 Å². The minimum atomic E-state index is -0.577. The first-order valence-corrected chi connectivity index (χ1v) is 7.13. The van der Waals surface area contributed by atoms with Crippen LogP contribution in [-0.2, 0) is 11.2 Å². The van der Waals surface area contributed by atoms with Gasteiger partial charge in [-0.05, 0) is 37.3 Å². The van der Waals surface area contributed by atoms with Crippen molar-refractivity contribution in [3.8, 4) is 5.75 Å². The molecule has 4 nitrogen and oxygen atoms in total. The standard InChI is InChI=1S/C16H17ClN2O2/c1-12(21-15-7-4-5-13(17)11-15)16(20)19-10-8-14-6-2-3-9-18-14/h2-7,9,11-12H,8,10H2,1H3,(H,19,20). The highest BCUT2D eigenvalue weighted by molar-refractivity contribution is 6.30. The van der Waals surface area contributed by atoms with Gasteiger partial charge in [-0.1, -0.05) is 23.7 Å². The van der Waals surface area contributed by atoms with Gasteiger partial charge in [0.05, 0.1) is 0 Å². The third-order valence-corrected chi connectivity index (χ3v) is 3.12. The van der Waals surface area contributed by atoms with Crippen LogP contribution in [0.5, 0.6) is 5.75 Å². The third-order valence-electron chi connectivity index (χ3n) is 2.88. The summed E-state index contributed by atoms with van der Waals surface area (Å²) in [6.07, 6.45) is 1.85. The van der Waals surface area contributed by atoms with Crippen molar-refractivity contribution in [3.05, 3.63) is 59.4 Å². The molecule has 5 heteroatoms. The van der Waals surface area contributed by atoms with Gasteiger partial charge in [-0.15, -0.1) is 0 Å². The number of hydrogen-bond donors (Lipinski definition) is 1. The van der Waals surface area contributed by atoms with Crippen molar-refractivity contribution in [1.82, 2.24) is 10.3 Å². The smallest absolute Gasteiger partial charge is 0.260 e. The van der Waals surface area contributed by atoms with Gasteiger partial charge < -0.3 is 10.1 Å². The molecule has 0 bridgehead atoms. The number of rotatable bonds is 6. The maximum atomic E-state index is 11.9. The van der Waals surface area contributed by atoms with Crippen LogP contribution in [0, 0.1) is 0 Å². The second kappa shape index (κ2) is 7.64. The Morgan fingerprint density at radius 2 is 2.19 bits per heavy atom. The van der Waals surface area contributed by atoms with Crippen molar-refractivity contribution < 1.29 is 9.53 Å². The molecule has 1 amide bonds. The Morgan fingerprint density at radius 3 is 2.90 bits per heavy atom. The van der Waals surface area contributed by atoms with E-state index in [4.69, 9.17) is 16.3 Å². The molecule has 1 unspecified atom stereocenters. The highest BCUT2D eigenvalue weighted by atomic mass is 35.5. The van der Waals surface area contributed by atoms with E-state index in [0.29, 0.717) is 23.7 Å². The van der Waals surface area contributed by atoms with Crippen LogP contribution in [0.3, 0.4) is 0 Å². The molecule has 1 aromatic carbocycles. The van der Waals surface area contributed by atoms with Crippen molar-refractivity contribution in [2.45, 2.75) is 19.4 Å². The summed E-state index contributed by atoms with van der Waals surface area (Å²) in [5.41, 5.74) is 0.946. The second-order valence-corrected chi connectivity index (χ2v) is 5.02. The topological polar surface area (TPSA) is 51.2 Å². The quantitative estimate of drug-likeness (QED) is 0.893. The Hall–Kier alpha value is -2.07. The van der Waals surface area contributed by atoms with E-state index in [1.54, 1.807) is 37.4 Å². The molecule has 0 aliphatic heterocycles. The SMILES string of the molecule is CC(Oc1cccc(Cl)c1)C(=O)NCCc1ccccn1. The van der Waals surface area contributed by atoms with Crippen LogP contribution >= 0.6 is 11.6 Å². The Labute approximate surface area is 129 Å². The van der Waals surface area contributed by atoms with Gasteiger partial charge in [-0.3, -0.25) is 9.78 Å². The van der Waals surface area contributed by atoms with E-state index in [2.05, 4.69) is 10.3 Å². The van der Waals surface area contributed by atoms with Gasteiger partial charge in [0, 0.05) is 29.9 Å². The first-order valence-electron chi connectivity index (χ1n) is 6.75. The van der Waals surface area contributed by atoms with E-state index in [9.17, 15) is 4.79 Å². The summed E-state index contributed by atoms with van der Waals surface area (Å²) in [5, 5.41) is 3.41. The summed E-state index contributed by atoms with van der Waals surface area (Å²) in [4.78, 5) is 16.1. The van der Waals surface area contributed by atoms with Crippen molar-refractivity contribution in [3.63, 3.8) is 0 Å². The van der Waals surface area contributed by atoms with Crippen LogP contribution in [0.1, 0.15) is 12.6 Å². The van der Waals surface area contributed by atoms with Gasteiger partial charge in [0.2, 0.25) is 0 Å². The van der Waals surface area contributed by atoms with Crippen LogP contribution in [0.2, 0.25) is 5.02 Å². The Balaban J connectivity index is 1.77. The van der Waals surface area contributed by atoms with E-state index < -0.39 is 6.10 Å². The minimum absolute atomic E-state index is 0.161. The monoisotopic (exact) mass is 304 g/mol. The van der Waals surface area contributed by atoms with Gasteiger partial charge >= 0.3 is 0 Å². The number of benzene rings is 1. The zero-order valence-corrected chi connectivity index (χ0v) is 12.5. The number of ether oxygens (including phenoxy) is 1. The largest absolute Gasteiger partial charge is 0.481 e. The highest BCUT2D eigenvalue weighted by Crippen LogP contribution is 2.18. The number of aromatic nitrogens is 1. The fraction of sp³-hybridized carbons (Fsp3) is 0.250. The lowest BCUT2D eigenvalue weighted by atomic mass is 10.2. The predicted molar refractivity (Wildman–Crippen MR) is 82.5 cm³/mol. The average molecular weight is 305 g/mol. The van der Waals surface area contributed by atoms with Gasteiger partial charge in [-0.2, -0.15) is 0 Å². The summed E-state index contributed by atoms with van der Waals surface area (Å²) in [6, 6.07) is 12.7. The fourth-order valence-electron chi connectivity index (χ4n) is 1.80. The number of pyridine rings is 1. The first kappa shape index (κ1) is 15.3. The van der Waals surface area contributed by atoms with Crippen molar-refractivity contribution in [1.29, 1.82) is 0 Å². The number of carbonyl (C=O) groups is 1. The summed E-state index contributed by atoms with van der Waals surface area (Å²) in [5.74, 6) is 0.417. The van der Waals surface area contributed by atoms with Gasteiger partial charge in [0.15, 0.2) is 6.10 Å². The predicted octanol–water partition coefficient (Wildman–Crippen LogP) is 2.86. The summed E-state index contributed by atoms with van der Waals surface area (Å²) in [7, 11) is 0. The molecule has 0 saturated heterocycles. The lowest BCUT2D eigenvalue weighted by molar-refractivity contribution is -0.127. The van der Waals surface area contributed by atoms with Gasteiger partial charge in [0.1, 0.15) is 5.75 Å². The molecular weight excluding hydrogens is 288 g/mol. The van der Waals surface area contributed by atoms with Crippen LogP contribution in [-0.4, -0.2) is 23.5 Å². The highest BCUT2D eigenvalue weighted by Gasteiger charge is 2.14. The van der Waals surface area contributed by atoms with E-state index in [-0.39, 0.29) is 5.91 Å². The average Bonchev–Trinajstić information content (AvgIpc) is 2.48. The van der Waals surface area contributed by atoms with Crippen LogP contribution in [0.25, 0.3) is 0 Å². The van der Waals surface area contributed by atoms with E-state index in [1.165, 1.54) is 0 Å². The maximum absolute atomic E-state index is 11.9. The number of nitrogens with zero attached hydrogens (tertiary/aromatic N) is 1. The molecule has 0 spiro atoms. The molecule has 0 radical (unpaired) electrons. The van der Waals surface area contributed by atoms with Crippen LogP contribution in [0.4, 0.5) is 0 Å².